The summed E-state index contributed by atoms with van der Waals surface area (Å²) in [5.41, 5.74) is 0. The molecule has 1 heterocycles. The van der Waals surface area contributed by atoms with Crippen LogP contribution in [0.15, 0.2) is 0 Å². The van der Waals surface area contributed by atoms with E-state index in [1.165, 1.54) is 25.7 Å². The summed E-state index contributed by atoms with van der Waals surface area (Å²) in [7, 11) is 0. The van der Waals surface area contributed by atoms with Gasteiger partial charge >= 0.3 is 0 Å². The van der Waals surface area contributed by atoms with E-state index in [0.29, 0.717) is 19.4 Å². The average Bonchev–Trinajstić information content (AvgIpc) is 2.94. The molecule has 1 N–H and O–H groups in total. The molecule has 1 atom stereocenters. The average molecular weight is 240 g/mol. The Morgan fingerprint density at radius 1 is 1.41 bits per heavy atom. The largest absolute Gasteiger partial charge is 0.376 e. The molecule has 1 amide bonds. The second kappa shape index (κ2) is 6.36. The minimum Gasteiger partial charge on any atom is -0.376 e. The van der Waals surface area contributed by atoms with Crippen molar-refractivity contribution in [1.29, 1.82) is 0 Å². The molecule has 1 saturated carbocycles. The van der Waals surface area contributed by atoms with Crippen molar-refractivity contribution >= 4 is 5.91 Å². The Labute approximate surface area is 104 Å². The van der Waals surface area contributed by atoms with Gasteiger partial charge in [-0.2, -0.15) is 0 Å². The number of hydrogen-bond acceptors (Lipinski definition) is 3. The van der Waals surface area contributed by atoms with E-state index in [-0.39, 0.29) is 11.9 Å². The fraction of sp³-hybridized carbons (Fsp3) is 0.923. The monoisotopic (exact) mass is 240 g/mol. The third-order valence-electron chi connectivity index (χ3n) is 3.73. The summed E-state index contributed by atoms with van der Waals surface area (Å²) in [4.78, 5) is 13.8. The first-order chi connectivity index (χ1) is 8.31. The maximum Gasteiger partial charge on any atom is 0.240 e. The summed E-state index contributed by atoms with van der Waals surface area (Å²) in [6, 6.07) is 0.0477. The van der Waals surface area contributed by atoms with Gasteiger partial charge in [0.15, 0.2) is 0 Å². The maximum atomic E-state index is 11.9. The van der Waals surface area contributed by atoms with Gasteiger partial charge in [0, 0.05) is 6.54 Å². The molecule has 98 valence electrons. The van der Waals surface area contributed by atoms with E-state index in [4.69, 9.17) is 4.74 Å². The predicted molar refractivity (Wildman–Crippen MR) is 66.6 cm³/mol. The van der Waals surface area contributed by atoms with Crippen molar-refractivity contribution in [3.63, 3.8) is 0 Å². The first-order valence-corrected chi connectivity index (χ1v) is 6.95. The Morgan fingerprint density at radius 3 is 2.88 bits per heavy atom. The van der Waals surface area contributed by atoms with Gasteiger partial charge in [-0.25, -0.2) is 0 Å². The SMILES string of the molecule is CCCC1NCN(CCOC2CCCC2)C1=O. The van der Waals surface area contributed by atoms with Crippen LogP contribution in [0.4, 0.5) is 0 Å². The summed E-state index contributed by atoms with van der Waals surface area (Å²) >= 11 is 0. The fourth-order valence-electron chi connectivity index (χ4n) is 2.69. The van der Waals surface area contributed by atoms with Crippen LogP contribution < -0.4 is 5.32 Å². The van der Waals surface area contributed by atoms with Gasteiger partial charge in [0.1, 0.15) is 0 Å². The summed E-state index contributed by atoms with van der Waals surface area (Å²) in [6.07, 6.45) is 7.44. The maximum absolute atomic E-state index is 11.9. The Balaban J connectivity index is 1.64. The van der Waals surface area contributed by atoms with Crippen molar-refractivity contribution in [3.05, 3.63) is 0 Å². The van der Waals surface area contributed by atoms with Crippen molar-refractivity contribution in [2.45, 2.75) is 57.6 Å². The van der Waals surface area contributed by atoms with Gasteiger partial charge in [0.25, 0.3) is 0 Å². The van der Waals surface area contributed by atoms with Crippen LogP contribution in [0.1, 0.15) is 45.4 Å². The second-order valence-corrected chi connectivity index (χ2v) is 5.08. The van der Waals surface area contributed by atoms with Gasteiger partial charge in [0.2, 0.25) is 5.91 Å². The molecule has 1 aliphatic carbocycles. The molecule has 0 aromatic carbocycles. The van der Waals surface area contributed by atoms with Gasteiger partial charge in [0.05, 0.1) is 25.4 Å². The summed E-state index contributed by atoms with van der Waals surface area (Å²) < 4.78 is 5.79. The van der Waals surface area contributed by atoms with Gasteiger partial charge in [-0.15, -0.1) is 0 Å². The zero-order chi connectivity index (χ0) is 12.1. The highest BCUT2D eigenvalue weighted by Crippen LogP contribution is 2.20. The molecule has 2 fully saturated rings. The molecule has 2 aliphatic rings. The lowest BCUT2D eigenvalue weighted by Gasteiger charge is -2.17. The quantitative estimate of drug-likeness (QED) is 0.765. The van der Waals surface area contributed by atoms with Crippen LogP contribution >= 0.6 is 0 Å². The van der Waals surface area contributed by atoms with Crippen LogP contribution in [-0.4, -0.2) is 42.8 Å². The zero-order valence-electron chi connectivity index (χ0n) is 10.8. The molecule has 0 radical (unpaired) electrons. The van der Waals surface area contributed by atoms with Gasteiger partial charge in [-0.3, -0.25) is 10.1 Å². The number of nitrogens with one attached hydrogen (secondary N) is 1. The highest BCUT2D eigenvalue weighted by Gasteiger charge is 2.29. The lowest BCUT2D eigenvalue weighted by Crippen LogP contribution is -2.33. The Hall–Kier alpha value is -0.610. The Morgan fingerprint density at radius 2 is 2.18 bits per heavy atom. The van der Waals surface area contributed by atoms with Crippen LogP contribution in [0.25, 0.3) is 0 Å². The number of carbonyl (C=O) groups is 1. The first kappa shape index (κ1) is 12.8. The van der Waals surface area contributed by atoms with Gasteiger partial charge in [-0.05, 0) is 19.3 Å². The summed E-state index contributed by atoms with van der Waals surface area (Å²) in [6.45, 7) is 4.23. The van der Waals surface area contributed by atoms with E-state index in [2.05, 4.69) is 12.2 Å². The van der Waals surface area contributed by atoms with Crippen LogP contribution in [0.3, 0.4) is 0 Å². The van der Waals surface area contributed by atoms with E-state index < -0.39 is 0 Å². The Kier molecular flexibility index (Phi) is 4.80. The van der Waals surface area contributed by atoms with Gasteiger partial charge < -0.3 is 9.64 Å². The fourth-order valence-corrected chi connectivity index (χ4v) is 2.69. The molecule has 0 aromatic heterocycles. The smallest absolute Gasteiger partial charge is 0.240 e. The lowest BCUT2D eigenvalue weighted by molar-refractivity contribution is -0.129. The number of hydrogen-bond donors (Lipinski definition) is 1. The minimum absolute atomic E-state index is 0.0477. The van der Waals surface area contributed by atoms with Crippen molar-refractivity contribution < 1.29 is 9.53 Å². The molecule has 4 nitrogen and oxygen atoms in total. The molecule has 1 unspecified atom stereocenters. The van der Waals surface area contributed by atoms with Crippen molar-refractivity contribution in [2.75, 3.05) is 19.8 Å². The van der Waals surface area contributed by atoms with Crippen molar-refractivity contribution in [3.8, 4) is 0 Å². The lowest BCUT2D eigenvalue weighted by atomic mass is 10.2. The standard InChI is InChI=1S/C13H24N2O2/c1-2-5-12-13(16)15(10-14-12)8-9-17-11-6-3-4-7-11/h11-12,14H,2-10H2,1H3. The minimum atomic E-state index is 0.0477. The highest BCUT2D eigenvalue weighted by atomic mass is 16.5. The van der Waals surface area contributed by atoms with E-state index in [1.807, 2.05) is 4.90 Å². The molecule has 4 heteroatoms. The molecule has 0 spiro atoms. The molecule has 1 aliphatic heterocycles. The summed E-state index contributed by atoms with van der Waals surface area (Å²) in [5, 5.41) is 3.26. The molecular weight excluding hydrogens is 216 g/mol. The zero-order valence-corrected chi connectivity index (χ0v) is 10.8. The van der Waals surface area contributed by atoms with Crippen LogP contribution in [0.5, 0.6) is 0 Å². The van der Waals surface area contributed by atoms with E-state index in [1.54, 1.807) is 0 Å². The van der Waals surface area contributed by atoms with Crippen LogP contribution in [0.2, 0.25) is 0 Å². The molecule has 2 rings (SSSR count). The molecule has 1 saturated heterocycles. The molecular formula is C13H24N2O2. The van der Waals surface area contributed by atoms with Crippen LogP contribution in [-0.2, 0) is 9.53 Å². The predicted octanol–water partition coefficient (Wildman–Crippen LogP) is 1.50. The number of carbonyl (C=O) groups excluding carboxylic acids is 1. The normalized spacial score (nSPS) is 26.1. The van der Waals surface area contributed by atoms with E-state index in [9.17, 15) is 4.79 Å². The van der Waals surface area contributed by atoms with E-state index >= 15 is 0 Å². The van der Waals surface area contributed by atoms with Crippen LogP contribution in [0, 0.1) is 0 Å². The number of nitrogens with zero attached hydrogens (tertiary/aromatic N) is 1. The Bertz CT molecular complexity index is 252. The van der Waals surface area contributed by atoms with Crippen molar-refractivity contribution in [2.24, 2.45) is 0 Å². The third kappa shape index (κ3) is 3.42. The third-order valence-corrected chi connectivity index (χ3v) is 3.73. The number of rotatable bonds is 6. The topological polar surface area (TPSA) is 41.6 Å². The summed E-state index contributed by atoms with van der Waals surface area (Å²) in [5.74, 6) is 0.252. The number of ether oxygens (including phenoxy) is 1. The second-order valence-electron chi connectivity index (χ2n) is 5.08. The molecule has 0 bridgehead atoms. The van der Waals surface area contributed by atoms with E-state index in [0.717, 1.165) is 19.4 Å². The highest BCUT2D eigenvalue weighted by molar-refractivity contribution is 5.83. The first-order valence-electron chi connectivity index (χ1n) is 6.95. The molecule has 17 heavy (non-hydrogen) atoms. The van der Waals surface area contributed by atoms with Gasteiger partial charge in [-0.1, -0.05) is 26.2 Å². The number of amides is 1. The molecule has 0 aromatic rings. The van der Waals surface area contributed by atoms with Crippen molar-refractivity contribution in [1.82, 2.24) is 10.2 Å².